The average molecular weight is 482 g/mol. The molecule has 0 saturated heterocycles. The Kier molecular flexibility index (Phi) is 8.18. The largest absolute Gasteiger partial charge is 0.573 e. The predicted octanol–water partition coefficient (Wildman–Crippen LogP) is 6.68. The van der Waals surface area contributed by atoms with Crippen LogP contribution in [0, 0.1) is 12.8 Å². The molecule has 1 aromatic heterocycles. The minimum atomic E-state index is -4.72. The molecule has 178 valence electrons. The number of thiazole rings is 1. The summed E-state index contributed by atoms with van der Waals surface area (Å²) < 4.78 is 46.6. The molecule has 3 rings (SSSR count). The maximum Gasteiger partial charge on any atom is 0.573 e. The van der Waals surface area contributed by atoms with Crippen LogP contribution in [0.3, 0.4) is 0 Å². The zero-order valence-electron chi connectivity index (χ0n) is 18.4. The summed E-state index contributed by atoms with van der Waals surface area (Å²) in [5.41, 5.74) is 2.76. The Morgan fingerprint density at radius 1 is 1.30 bits per heavy atom. The van der Waals surface area contributed by atoms with Gasteiger partial charge < -0.3 is 14.6 Å². The van der Waals surface area contributed by atoms with Crippen molar-refractivity contribution in [1.82, 2.24) is 4.98 Å². The highest BCUT2D eigenvalue weighted by atomic mass is 32.1. The van der Waals surface area contributed by atoms with Crippen molar-refractivity contribution >= 4 is 17.3 Å². The maximum atomic E-state index is 12.3. The third-order valence-electron chi connectivity index (χ3n) is 5.39. The molecule has 5 nitrogen and oxygen atoms in total. The first kappa shape index (κ1) is 24.8. The highest BCUT2D eigenvalue weighted by molar-refractivity contribution is 7.15. The van der Waals surface area contributed by atoms with Gasteiger partial charge in [0.15, 0.2) is 0 Å². The van der Waals surface area contributed by atoms with Crippen LogP contribution in [0.4, 0.5) is 13.2 Å². The SMILES string of the molecule is C/C(=C\C=C1/CCC[C@H]1CC(=O)O)OCCc1nc(-c2ccc(OC(F)(F)F)cc2)sc1C. The van der Waals surface area contributed by atoms with Gasteiger partial charge in [0.25, 0.3) is 0 Å². The zero-order chi connectivity index (χ0) is 24.0. The van der Waals surface area contributed by atoms with E-state index >= 15 is 0 Å². The van der Waals surface area contributed by atoms with Crippen LogP contribution in [0.5, 0.6) is 5.75 Å². The first-order valence-corrected chi connectivity index (χ1v) is 11.5. The summed E-state index contributed by atoms with van der Waals surface area (Å²) >= 11 is 1.48. The molecule has 2 aromatic rings. The maximum absolute atomic E-state index is 12.3. The van der Waals surface area contributed by atoms with E-state index in [2.05, 4.69) is 9.72 Å². The van der Waals surface area contributed by atoms with Crippen molar-refractivity contribution in [1.29, 1.82) is 0 Å². The van der Waals surface area contributed by atoms with E-state index in [9.17, 15) is 18.0 Å². The summed E-state index contributed by atoms with van der Waals surface area (Å²) in [7, 11) is 0. The molecule has 1 fully saturated rings. The van der Waals surface area contributed by atoms with E-state index in [1.165, 1.54) is 23.5 Å². The molecule has 1 aliphatic carbocycles. The third kappa shape index (κ3) is 7.63. The number of carboxylic acids is 1. The van der Waals surface area contributed by atoms with Crippen molar-refractivity contribution in [3.05, 3.63) is 58.3 Å². The first-order chi connectivity index (χ1) is 15.6. The zero-order valence-corrected chi connectivity index (χ0v) is 19.3. The van der Waals surface area contributed by atoms with Gasteiger partial charge in [0, 0.05) is 16.9 Å². The minimum Gasteiger partial charge on any atom is -0.498 e. The topological polar surface area (TPSA) is 68.7 Å². The van der Waals surface area contributed by atoms with E-state index in [-0.39, 0.29) is 18.1 Å². The number of carbonyl (C=O) groups is 1. The Balaban J connectivity index is 1.54. The van der Waals surface area contributed by atoms with Crippen molar-refractivity contribution in [2.24, 2.45) is 5.92 Å². The molecule has 33 heavy (non-hydrogen) atoms. The fourth-order valence-corrected chi connectivity index (χ4v) is 4.73. The van der Waals surface area contributed by atoms with Crippen molar-refractivity contribution in [2.45, 2.75) is 52.3 Å². The molecular formula is C24H26F3NO4S. The lowest BCUT2D eigenvalue weighted by atomic mass is 9.98. The normalized spacial score (nSPS) is 18.0. The molecule has 1 atom stereocenters. The van der Waals surface area contributed by atoms with Gasteiger partial charge in [0.2, 0.25) is 0 Å². The van der Waals surface area contributed by atoms with Crippen LogP contribution in [0.1, 0.15) is 43.2 Å². The number of hydrogen-bond acceptors (Lipinski definition) is 5. The predicted molar refractivity (Wildman–Crippen MR) is 120 cm³/mol. The van der Waals surface area contributed by atoms with Gasteiger partial charge in [-0.05, 0) is 69.4 Å². The number of aromatic nitrogens is 1. The smallest absolute Gasteiger partial charge is 0.498 e. The van der Waals surface area contributed by atoms with Crippen LogP contribution in [0.25, 0.3) is 10.6 Å². The van der Waals surface area contributed by atoms with Gasteiger partial charge in [-0.3, -0.25) is 4.79 Å². The highest BCUT2D eigenvalue weighted by Crippen LogP contribution is 2.34. The number of rotatable bonds is 9. The van der Waals surface area contributed by atoms with Gasteiger partial charge in [0.1, 0.15) is 10.8 Å². The fourth-order valence-electron chi connectivity index (χ4n) is 3.77. The number of carboxylic acid groups (broad SMARTS) is 1. The first-order valence-electron chi connectivity index (χ1n) is 10.6. The quantitative estimate of drug-likeness (QED) is 0.405. The van der Waals surface area contributed by atoms with E-state index in [1.54, 1.807) is 12.1 Å². The molecule has 0 unspecified atom stereocenters. The molecule has 9 heteroatoms. The number of alkyl halides is 3. The summed E-state index contributed by atoms with van der Waals surface area (Å²) in [6, 6.07) is 5.66. The minimum absolute atomic E-state index is 0.108. The second-order valence-corrected chi connectivity index (χ2v) is 9.10. The third-order valence-corrected chi connectivity index (χ3v) is 6.45. The van der Waals surface area contributed by atoms with Gasteiger partial charge in [-0.15, -0.1) is 24.5 Å². The van der Waals surface area contributed by atoms with Crippen LogP contribution in [-0.2, 0) is 16.0 Å². The van der Waals surface area contributed by atoms with Crippen LogP contribution >= 0.6 is 11.3 Å². The fraction of sp³-hybridized carbons (Fsp3) is 0.417. The molecule has 1 saturated carbocycles. The number of hydrogen-bond donors (Lipinski definition) is 1. The van der Waals surface area contributed by atoms with Crippen molar-refractivity contribution in [3.8, 4) is 16.3 Å². The molecule has 0 aliphatic heterocycles. The summed E-state index contributed by atoms with van der Waals surface area (Å²) in [5, 5.41) is 9.75. The molecule has 1 aliphatic rings. The van der Waals surface area contributed by atoms with E-state index in [4.69, 9.17) is 9.84 Å². The summed E-state index contributed by atoms with van der Waals surface area (Å²) in [6.07, 6.45) is 2.77. The molecule has 1 heterocycles. The van der Waals surface area contributed by atoms with Crippen LogP contribution in [0.15, 0.2) is 47.7 Å². The Labute approximate surface area is 194 Å². The lowest BCUT2D eigenvalue weighted by molar-refractivity contribution is -0.274. The Morgan fingerprint density at radius 2 is 2.03 bits per heavy atom. The molecule has 1 aromatic carbocycles. The van der Waals surface area contributed by atoms with Crippen LogP contribution < -0.4 is 4.74 Å². The van der Waals surface area contributed by atoms with Crippen molar-refractivity contribution < 1.29 is 32.5 Å². The lowest BCUT2D eigenvalue weighted by Gasteiger charge is -2.09. The number of halogens is 3. The Morgan fingerprint density at radius 3 is 2.70 bits per heavy atom. The second-order valence-electron chi connectivity index (χ2n) is 7.90. The monoisotopic (exact) mass is 481 g/mol. The molecule has 0 amide bonds. The van der Waals surface area contributed by atoms with Crippen molar-refractivity contribution in [3.63, 3.8) is 0 Å². The Bertz CT molecular complexity index is 1030. The van der Waals surface area contributed by atoms with E-state index in [0.717, 1.165) is 51.7 Å². The standard InChI is InChI=1S/C24H26F3NO4S/c1-15(6-7-17-4-3-5-19(17)14-22(29)30)31-13-12-21-16(2)33-23(28-21)18-8-10-20(11-9-18)32-24(25,26)27/h6-11,19H,3-5,12-14H2,1-2H3,(H,29,30)/b15-6+,17-7+/t19-/m0/s1. The average Bonchev–Trinajstić information content (AvgIpc) is 3.31. The van der Waals surface area contributed by atoms with E-state index in [1.807, 2.05) is 26.0 Å². The van der Waals surface area contributed by atoms with Gasteiger partial charge in [-0.25, -0.2) is 4.98 Å². The lowest BCUT2D eigenvalue weighted by Crippen LogP contribution is -2.16. The number of benzene rings is 1. The number of allylic oxidation sites excluding steroid dienone is 4. The number of ether oxygens (including phenoxy) is 2. The molecule has 0 radical (unpaired) electrons. The van der Waals surface area contributed by atoms with Crippen LogP contribution in [-0.4, -0.2) is 29.0 Å². The summed E-state index contributed by atoms with van der Waals surface area (Å²) in [4.78, 5) is 16.6. The number of nitrogens with zero attached hydrogens (tertiary/aromatic N) is 1. The number of aliphatic carboxylic acids is 1. The van der Waals surface area contributed by atoms with E-state index < -0.39 is 12.3 Å². The van der Waals surface area contributed by atoms with Gasteiger partial charge in [-0.1, -0.05) is 11.6 Å². The van der Waals surface area contributed by atoms with Crippen LogP contribution in [0.2, 0.25) is 0 Å². The number of aryl methyl sites for hydroxylation is 1. The molecular weight excluding hydrogens is 455 g/mol. The highest BCUT2D eigenvalue weighted by Gasteiger charge is 2.31. The summed E-state index contributed by atoms with van der Waals surface area (Å²) in [5.74, 6) is -0.181. The second kappa shape index (κ2) is 10.9. The van der Waals surface area contributed by atoms with Gasteiger partial charge >= 0.3 is 12.3 Å². The summed E-state index contributed by atoms with van der Waals surface area (Å²) in [6.45, 7) is 4.25. The molecule has 1 N–H and O–H groups in total. The van der Waals surface area contributed by atoms with Crippen molar-refractivity contribution in [2.75, 3.05) is 6.61 Å². The van der Waals surface area contributed by atoms with Gasteiger partial charge in [0.05, 0.1) is 24.5 Å². The van der Waals surface area contributed by atoms with E-state index in [0.29, 0.717) is 13.0 Å². The Hall–Kier alpha value is -2.81. The molecule has 0 spiro atoms. The molecule has 0 bridgehead atoms. The van der Waals surface area contributed by atoms with Gasteiger partial charge in [-0.2, -0.15) is 0 Å².